The van der Waals surface area contributed by atoms with Gasteiger partial charge in [-0.3, -0.25) is 29.6 Å². The molecule has 0 aromatic heterocycles. The molecule has 1 aliphatic heterocycles. The Morgan fingerprint density at radius 1 is 1.17 bits per heavy atom. The second-order valence-corrected chi connectivity index (χ2v) is 7.32. The number of carbonyl (C=O) groups is 4. The predicted octanol–water partition coefficient (Wildman–Crippen LogP) is 2.32. The molecule has 2 aromatic carbocycles. The van der Waals surface area contributed by atoms with E-state index in [0.29, 0.717) is 16.3 Å². The minimum absolute atomic E-state index is 0.0226. The van der Waals surface area contributed by atoms with Crippen molar-refractivity contribution in [1.82, 2.24) is 10.4 Å². The minimum atomic E-state index is -0.769. The fourth-order valence-electron chi connectivity index (χ4n) is 2.88. The summed E-state index contributed by atoms with van der Waals surface area (Å²) < 4.78 is 5.01. The number of ether oxygens (including phenoxy) is 1. The number of anilines is 1. The zero-order valence-corrected chi connectivity index (χ0v) is 16.9. The van der Waals surface area contributed by atoms with Crippen LogP contribution in [0.3, 0.4) is 0 Å². The fourth-order valence-corrected chi connectivity index (χ4v) is 3.07. The maximum atomic E-state index is 12.3. The van der Waals surface area contributed by atoms with Crippen LogP contribution < -0.4 is 10.7 Å². The number of halogens is 1. The second-order valence-electron chi connectivity index (χ2n) is 6.88. The van der Waals surface area contributed by atoms with Crippen LogP contribution in [-0.4, -0.2) is 41.9 Å². The van der Waals surface area contributed by atoms with Crippen molar-refractivity contribution in [3.8, 4) is 0 Å². The Morgan fingerprint density at radius 2 is 1.90 bits per heavy atom. The Labute approximate surface area is 178 Å². The van der Waals surface area contributed by atoms with Gasteiger partial charge in [0.15, 0.2) is 6.61 Å². The van der Waals surface area contributed by atoms with E-state index in [-0.39, 0.29) is 13.0 Å². The van der Waals surface area contributed by atoms with Gasteiger partial charge in [0.2, 0.25) is 5.91 Å². The zero-order valence-electron chi connectivity index (χ0n) is 16.2. The topological polar surface area (TPSA) is 105 Å². The van der Waals surface area contributed by atoms with Gasteiger partial charge in [-0.2, -0.15) is 0 Å². The molecule has 0 saturated carbocycles. The monoisotopic (exact) mass is 429 g/mol. The third-order valence-electron chi connectivity index (χ3n) is 4.46. The number of hydrogen-bond acceptors (Lipinski definition) is 5. The standard InChI is InChI=1S/C21H20ClN3O5/c1-13-5-7-14(8-6-13)20(28)24-25-11-15(9-19(25)27)21(29)30-12-18(26)23-17-4-2-3-16(22)10-17/h2-8,10,15H,9,11-12H2,1H3,(H,23,26)(H,24,28)/t15-/m1/s1. The molecule has 156 valence electrons. The quantitative estimate of drug-likeness (QED) is 0.686. The summed E-state index contributed by atoms with van der Waals surface area (Å²) in [7, 11) is 0. The van der Waals surface area contributed by atoms with Crippen molar-refractivity contribution < 1.29 is 23.9 Å². The first-order chi connectivity index (χ1) is 14.3. The summed E-state index contributed by atoms with van der Waals surface area (Å²) in [5, 5.41) is 4.12. The van der Waals surface area contributed by atoms with E-state index in [1.165, 1.54) is 0 Å². The van der Waals surface area contributed by atoms with Gasteiger partial charge < -0.3 is 10.1 Å². The molecule has 3 amide bonds. The summed E-state index contributed by atoms with van der Waals surface area (Å²) in [5.41, 5.74) is 4.38. The van der Waals surface area contributed by atoms with Gasteiger partial charge in [-0.25, -0.2) is 0 Å². The van der Waals surface area contributed by atoms with Gasteiger partial charge in [-0.05, 0) is 37.3 Å². The average molecular weight is 430 g/mol. The molecule has 2 aromatic rings. The Bertz CT molecular complexity index is 977. The van der Waals surface area contributed by atoms with Crippen LogP contribution >= 0.6 is 11.6 Å². The molecule has 0 spiro atoms. The molecule has 8 nitrogen and oxygen atoms in total. The third-order valence-corrected chi connectivity index (χ3v) is 4.70. The number of hydrogen-bond donors (Lipinski definition) is 2. The maximum absolute atomic E-state index is 12.3. The van der Waals surface area contributed by atoms with E-state index in [1.54, 1.807) is 48.5 Å². The van der Waals surface area contributed by atoms with Crippen LogP contribution in [0, 0.1) is 12.8 Å². The summed E-state index contributed by atoms with van der Waals surface area (Å²) >= 11 is 5.85. The first-order valence-electron chi connectivity index (χ1n) is 9.22. The lowest BCUT2D eigenvalue weighted by molar-refractivity contribution is -0.151. The van der Waals surface area contributed by atoms with Crippen LogP contribution in [-0.2, 0) is 19.1 Å². The highest BCUT2D eigenvalue weighted by atomic mass is 35.5. The van der Waals surface area contributed by atoms with E-state index in [2.05, 4.69) is 10.7 Å². The van der Waals surface area contributed by atoms with E-state index < -0.39 is 36.2 Å². The van der Waals surface area contributed by atoms with Crippen molar-refractivity contribution in [2.45, 2.75) is 13.3 Å². The van der Waals surface area contributed by atoms with E-state index in [4.69, 9.17) is 16.3 Å². The molecule has 30 heavy (non-hydrogen) atoms. The SMILES string of the molecule is Cc1ccc(C(=O)NN2C[C@H](C(=O)OCC(=O)Nc3cccc(Cl)c3)CC2=O)cc1. The molecule has 1 atom stereocenters. The smallest absolute Gasteiger partial charge is 0.311 e. The minimum Gasteiger partial charge on any atom is -0.455 e. The average Bonchev–Trinajstić information content (AvgIpc) is 3.07. The molecule has 0 aliphatic carbocycles. The van der Waals surface area contributed by atoms with E-state index in [0.717, 1.165) is 10.6 Å². The summed E-state index contributed by atoms with van der Waals surface area (Å²) in [4.78, 5) is 48.6. The number of nitrogens with zero attached hydrogens (tertiary/aromatic N) is 1. The number of carbonyl (C=O) groups excluding carboxylic acids is 4. The number of hydrazine groups is 1. The van der Waals surface area contributed by atoms with Crippen molar-refractivity contribution in [2.75, 3.05) is 18.5 Å². The lowest BCUT2D eigenvalue weighted by Gasteiger charge is -2.17. The summed E-state index contributed by atoms with van der Waals surface area (Å²) in [6, 6.07) is 13.4. The molecule has 0 radical (unpaired) electrons. The van der Waals surface area contributed by atoms with Gasteiger partial charge in [-0.1, -0.05) is 35.4 Å². The van der Waals surface area contributed by atoms with Crippen LogP contribution in [0.15, 0.2) is 48.5 Å². The zero-order chi connectivity index (χ0) is 21.7. The van der Waals surface area contributed by atoms with Gasteiger partial charge >= 0.3 is 5.97 Å². The number of amides is 3. The van der Waals surface area contributed by atoms with E-state index in [9.17, 15) is 19.2 Å². The highest BCUT2D eigenvalue weighted by Crippen LogP contribution is 2.18. The second kappa shape index (κ2) is 9.41. The molecule has 9 heteroatoms. The summed E-state index contributed by atoms with van der Waals surface area (Å²) in [6.45, 7) is 1.38. The number of rotatable bonds is 6. The Kier molecular flexibility index (Phi) is 6.68. The maximum Gasteiger partial charge on any atom is 0.311 e. The van der Waals surface area contributed by atoms with E-state index in [1.807, 2.05) is 6.92 Å². The molecule has 0 bridgehead atoms. The normalized spacial score (nSPS) is 15.6. The molecular formula is C21H20ClN3O5. The van der Waals surface area contributed by atoms with Crippen molar-refractivity contribution in [2.24, 2.45) is 5.92 Å². The van der Waals surface area contributed by atoms with Crippen LogP contribution in [0.25, 0.3) is 0 Å². The van der Waals surface area contributed by atoms with Crippen molar-refractivity contribution in [3.05, 3.63) is 64.7 Å². The Balaban J connectivity index is 1.47. The summed E-state index contributed by atoms with van der Waals surface area (Å²) in [6.07, 6.45) is -0.108. The van der Waals surface area contributed by atoms with Crippen molar-refractivity contribution in [1.29, 1.82) is 0 Å². The lowest BCUT2D eigenvalue weighted by atomic mass is 10.1. The summed E-state index contributed by atoms with van der Waals surface area (Å²) in [5.74, 6) is -2.83. The highest BCUT2D eigenvalue weighted by Gasteiger charge is 2.36. The van der Waals surface area contributed by atoms with Gasteiger partial charge in [0.05, 0.1) is 12.5 Å². The van der Waals surface area contributed by atoms with Crippen LogP contribution in [0.4, 0.5) is 5.69 Å². The lowest BCUT2D eigenvalue weighted by Crippen LogP contribution is -2.43. The van der Waals surface area contributed by atoms with Crippen molar-refractivity contribution >= 4 is 41.0 Å². The Hall–Kier alpha value is -3.39. The Morgan fingerprint density at radius 3 is 2.60 bits per heavy atom. The first-order valence-corrected chi connectivity index (χ1v) is 9.59. The van der Waals surface area contributed by atoms with Crippen molar-refractivity contribution in [3.63, 3.8) is 0 Å². The molecular weight excluding hydrogens is 410 g/mol. The third kappa shape index (κ3) is 5.57. The van der Waals surface area contributed by atoms with E-state index >= 15 is 0 Å². The largest absolute Gasteiger partial charge is 0.455 e. The number of esters is 1. The van der Waals surface area contributed by atoms with Crippen LogP contribution in [0.1, 0.15) is 22.3 Å². The number of nitrogens with one attached hydrogen (secondary N) is 2. The van der Waals surface area contributed by atoms with Crippen LogP contribution in [0.2, 0.25) is 5.02 Å². The highest BCUT2D eigenvalue weighted by molar-refractivity contribution is 6.30. The number of benzene rings is 2. The molecule has 1 aliphatic rings. The molecule has 1 fully saturated rings. The molecule has 3 rings (SSSR count). The van der Waals surface area contributed by atoms with Gasteiger partial charge in [0.1, 0.15) is 0 Å². The fraction of sp³-hybridized carbons (Fsp3) is 0.238. The van der Waals surface area contributed by atoms with Gasteiger partial charge in [0.25, 0.3) is 11.8 Å². The van der Waals surface area contributed by atoms with Gasteiger partial charge in [0, 0.05) is 22.7 Å². The van der Waals surface area contributed by atoms with Crippen LogP contribution in [0.5, 0.6) is 0 Å². The first kappa shape index (κ1) is 21.3. The molecule has 1 heterocycles. The molecule has 0 unspecified atom stereocenters. The number of aryl methyl sites for hydroxylation is 1. The molecule has 2 N–H and O–H groups in total. The van der Waals surface area contributed by atoms with Gasteiger partial charge in [-0.15, -0.1) is 0 Å². The molecule has 1 saturated heterocycles. The predicted molar refractivity (Wildman–Crippen MR) is 110 cm³/mol.